The van der Waals surface area contributed by atoms with E-state index < -0.39 is 0 Å². The smallest absolute Gasteiger partial charge is 0.306 e. The van der Waals surface area contributed by atoms with Crippen molar-refractivity contribution >= 4 is 5.97 Å². The number of rotatable bonds is 17. The van der Waals surface area contributed by atoms with Gasteiger partial charge in [0.25, 0.3) is 0 Å². The van der Waals surface area contributed by atoms with Crippen LogP contribution in [0.3, 0.4) is 0 Å². The highest BCUT2D eigenvalue weighted by Crippen LogP contribution is 2.02. The van der Waals surface area contributed by atoms with Crippen molar-refractivity contribution < 1.29 is 38.0 Å². The third-order valence-electron chi connectivity index (χ3n) is 4.23. The van der Waals surface area contributed by atoms with Crippen molar-refractivity contribution in [2.75, 3.05) is 34.3 Å². The molecule has 0 bridgehead atoms. The van der Waals surface area contributed by atoms with Crippen molar-refractivity contribution in [2.24, 2.45) is 0 Å². The summed E-state index contributed by atoms with van der Waals surface area (Å²) in [6.45, 7) is 3.60. The molecule has 0 fully saturated rings. The lowest BCUT2D eigenvalue weighted by Gasteiger charge is -2.23. The summed E-state index contributed by atoms with van der Waals surface area (Å²) in [5.41, 5.74) is 0. The highest BCUT2D eigenvalue weighted by molar-refractivity contribution is 5.69. The number of hydrogen-bond acceptors (Lipinski definition) is 2. The molecule has 0 aliphatic carbocycles. The van der Waals surface area contributed by atoms with Crippen LogP contribution in [-0.4, -0.2) is 44.7 Å². The van der Waals surface area contributed by atoms with Crippen LogP contribution in [0.2, 0.25) is 0 Å². The number of hydrogen-bond donors (Lipinski definition) is 0. The fraction of sp³-hybridized carbons (Fsp3) is 0.640. The molecule has 0 aliphatic rings. The van der Waals surface area contributed by atoms with Crippen molar-refractivity contribution in [1.29, 1.82) is 0 Å². The highest BCUT2D eigenvalue weighted by atomic mass is 127. The summed E-state index contributed by atoms with van der Waals surface area (Å²) in [5.74, 6) is -0.0793. The molecular formula is C25H44INO2. The van der Waals surface area contributed by atoms with Gasteiger partial charge in [0, 0.05) is 6.42 Å². The molecule has 0 N–H and O–H groups in total. The molecule has 3 nitrogen and oxygen atoms in total. The molecule has 0 heterocycles. The van der Waals surface area contributed by atoms with Gasteiger partial charge in [0.2, 0.25) is 0 Å². The molecule has 0 saturated carbocycles. The van der Waals surface area contributed by atoms with E-state index in [1.807, 2.05) is 0 Å². The number of esters is 1. The molecule has 0 saturated heterocycles. The number of likely N-dealkylation sites (N-methyl/N-ethyl adjacent to an activating group) is 1. The van der Waals surface area contributed by atoms with Crippen LogP contribution in [0.25, 0.3) is 0 Å². The second kappa shape index (κ2) is 21.8. The third-order valence-corrected chi connectivity index (χ3v) is 4.23. The molecule has 4 heteroatoms. The minimum Gasteiger partial charge on any atom is -1.00 e. The summed E-state index contributed by atoms with van der Waals surface area (Å²) in [4.78, 5) is 11.6. The van der Waals surface area contributed by atoms with Gasteiger partial charge < -0.3 is 33.2 Å². The van der Waals surface area contributed by atoms with Crippen LogP contribution in [-0.2, 0) is 9.53 Å². The van der Waals surface area contributed by atoms with E-state index in [9.17, 15) is 4.79 Å². The largest absolute Gasteiger partial charge is 1.00 e. The van der Waals surface area contributed by atoms with Crippen LogP contribution in [0.5, 0.6) is 0 Å². The van der Waals surface area contributed by atoms with Crippen LogP contribution in [0, 0.1) is 0 Å². The van der Waals surface area contributed by atoms with E-state index in [0.717, 1.165) is 43.1 Å². The number of allylic oxidation sites excluding steroid dienone is 8. The minimum absolute atomic E-state index is 0. The third kappa shape index (κ3) is 27.1. The number of nitrogens with zero attached hydrogens (tertiary/aromatic N) is 1. The molecular weight excluding hydrogens is 473 g/mol. The summed E-state index contributed by atoms with van der Waals surface area (Å²) >= 11 is 0. The van der Waals surface area contributed by atoms with Crippen molar-refractivity contribution in [3.63, 3.8) is 0 Å². The molecule has 0 aromatic carbocycles. The zero-order valence-corrected chi connectivity index (χ0v) is 21.4. The van der Waals surface area contributed by atoms with Gasteiger partial charge in [-0.15, -0.1) is 0 Å². The van der Waals surface area contributed by atoms with Crippen molar-refractivity contribution in [2.45, 2.75) is 71.1 Å². The van der Waals surface area contributed by atoms with Crippen LogP contribution in [0.1, 0.15) is 71.1 Å². The first-order valence-corrected chi connectivity index (χ1v) is 11.0. The molecule has 0 rings (SSSR count). The Morgan fingerprint density at radius 2 is 1.24 bits per heavy atom. The molecule has 168 valence electrons. The number of carbonyl (C=O) groups is 1. The molecule has 0 unspecified atom stereocenters. The number of unbranched alkanes of at least 4 members (excludes halogenated alkanes) is 4. The summed E-state index contributed by atoms with van der Waals surface area (Å²) in [5, 5.41) is 0. The van der Waals surface area contributed by atoms with E-state index in [0.29, 0.717) is 13.0 Å². The van der Waals surface area contributed by atoms with Gasteiger partial charge >= 0.3 is 5.97 Å². The van der Waals surface area contributed by atoms with Crippen LogP contribution in [0.4, 0.5) is 0 Å². The standard InChI is InChI=1S/C25H44NO2.HI/c1-5-6-7-8-9-10-11-12-13-14-15-16-17-18-19-20-21-22-25(27)28-24-23-26(2,3)4;/h9-10,12-13,15-16,18-19H,5-8,11,14,17,20-24H2,1-4H3;1H/q+1;/p-1/b10-9-,13-12-,16-15-,19-18-;. The van der Waals surface area contributed by atoms with Gasteiger partial charge in [0.15, 0.2) is 0 Å². The Labute approximate surface area is 197 Å². The van der Waals surface area contributed by atoms with E-state index in [2.05, 4.69) is 76.7 Å². The van der Waals surface area contributed by atoms with Gasteiger partial charge in [-0.1, -0.05) is 68.4 Å². The lowest BCUT2D eigenvalue weighted by molar-refractivity contribution is -0.870. The van der Waals surface area contributed by atoms with Gasteiger partial charge in [0.05, 0.1) is 21.1 Å². The van der Waals surface area contributed by atoms with E-state index >= 15 is 0 Å². The average Bonchev–Trinajstić information content (AvgIpc) is 2.63. The first-order valence-electron chi connectivity index (χ1n) is 11.0. The number of carbonyl (C=O) groups excluding carboxylic acids is 1. The maximum Gasteiger partial charge on any atom is 0.306 e. The summed E-state index contributed by atoms with van der Waals surface area (Å²) in [6, 6.07) is 0. The molecule has 0 spiro atoms. The second-order valence-corrected chi connectivity index (χ2v) is 8.22. The maximum atomic E-state index is 11.6. The molecule has 0 atom stereocenters. The van der Waals surface area contributed by atoms with Crippen LogP contribution in [0.15, 0.2) is 48.6 Å². The van der Waals surface area contributed by atoms with Crippen LogP contribution < -0.4 is 24.0 Å². The van der Waals surface area contributed by atoms with E-state index in [4.69, 9.17) is 4.74 Å². The summed E-state index contributed by atoms with van der Waals surface area (Å²) in [6.07, 6.45) is 28.2. The van der Waals surface area contributed by atoms with E-state index in [-0.39, 0.29) is 29.9 Å². The molecule has 29 heavy (non-hydrogen) atoms. The first-order chi connectivity index (χ1) is 13.5. The quantitative estimate of drug-likeness (QED) is 0.0973. The number of quaternary nitrogens is 1. The predicted molar refractivity (Wildman–Crippen MR) is 122 cm³/mol. The lowest BCUT2D eigenvalue weighted by atomic mass is 10.2. The first kappa shape index (κ1) is 30.3. The molecule has 0 amide bonds. The summed E-state index contributed by atoms with van der Waals surface area (Å²) in [7, 11) is 6.28. The second-order valence-electron chi connectivity index (χ2n) is 8.22. The van der Waals surface area contributed by atoms with Gasteiger partial charge in [-0.25, -0.2) is 0 Å². The minimum atomic E-state index is -0.0793. The Morgan fingerprint density at radius 3 is 1.72 bits per heavy atom. The Bertz CT molecular complexity index is 488. The monoisotopic (exact) mass is 517 g/mol. The highest BCUT2D eigenvalue weighted by Gasteiger charge is 2.08. The predicted octanol–water partition coefficient (Wildman–Crippen LogP) is 3.39. The van der Waals surface area contributed by atoms with E-state index in [1.54, 1.807) is 0 Å². The fourth-order valence-electron chi connectivity index (χ4n) is 2.43. The molecule has 0 radical (unpaired) electrons. The molecule has 0 aromatic rings. The lowest BCUT2D eigenvalue weighted by Crippen LogP contribution is -3.00. The zero-order valence-electron chi connectivity index (χ0n) is 19.2. The number of ether oxygens (including phenoxy) is 1. The Kier molecular flexibility index (Phi) is 22.8. The Morgan fingerprint density at radius 1 is 0.759 bits per heavy atom. The normalized spacial score (nSPS) is 12.4. The van der Waals surface area contributed by atoms with Crippen LogP contribution >= 0.6 is 0 Å². The van der Waals surface area contributed by atoms with Gasteiger partial charge in [-0.3, -0.25) is 4.79 Å². The van der Waals surface area contributed by atoms with Gasteiger partial charge in [-0.2, -0.15) is 0 Å². The van der Waals surface area contributed by atoms with Crippen molar-refractivity contribution in [1.82, 2.24) is 0 Å². The molecule has 0 aliphatic heterocycles. The Hall–Kier alpha value is -0.880. The Balaban J connectivity index is 0. The molecule has 0 aromatic heterocycles. The fourth-order valence-corrected chi connectivity index (χ4v) is 2.43. The van der Waals surface area contributed by atoms with Crippen molar-refractivity contribution in [3.05, 3.63) is 48.6 Å². The topological polar surface area (TPSA) is 26.3 Å². The zero-order chi connectivity index (χ0) is 20.9. The average molecular weight is 518 g/mol. The number of halogens is 1. The summed E-state index contributed by atoms with van der Waals surface area (Å²) < 4.78 is 6.06. The van der Waals surface area contributed by atoms with E-state index in [1.165, 1.54) is 25.7 Å². The van der Waals surface area contributed by atoms with Gasteiger partial charge in [-0.05, 0) is 44.9 Å². The van der Waals surface area contributed by atoms with Crippen molar-refractivity contribution in [3.8, 4) is 0 Å². The SMILES string of the molecule is CCCCC/C=C\C/C=C\C/C=C\C/C=C\CCCC(=O)OCC[N+](C)(C)C.[I-]. The maximum absolute atomic E-state index is 11.6. The van der Waals surface area contributed by atoms with Gasteiger partial charge in [0.1, 0.15) is 13.2 Å².